The lowest BCUT2D eigenvalue weighted by Crippen LogP contribution is -2.07. The molecule has 4 aromatic rings. The molecule has 0 spiro atoms. The first-order valence-electron chi connectivity index (χ1n) is 7.39. The van der Waals surface area contributed by atoms with Gasteiger partial charge in [-0.2, -0.15) is 5.10 Å². The van der Waals surface area contributed by atoms with Gasteiger partial charge in [-0.15, -0.1) is 10.2 Å². The Hall–Kier alpha value is -3.00. The highest BCUT2D eigenvalue weighted by molar-refractivity contribution is 6.31. The number of aryl methyl sites for hydroxylation is 1. The van der Waals surface area contributed by atoms with E-state index in [1.54, 1.807) is 34.3 Å². The van der Waals surface area contributed by atoms with Gasteiger partial charge in [0.15, 0.2) is 17.3 Å². The average Bonchev–Trinajstić information content (AvgIpc) is 3.22. The molecule has 25 heavy (non-hydrogen) atoms. The predicted molar refractivity (Wildman–Crippen MR) is 88.7 cm³/mol. The summed E-state index contributed by atoms with van der Waals surface area (Å²) >= 11 is 5.89. The third-order valence-corrected chi connectivity index (χ3v) is 4.01. The standard InChI is InChI=1S/C16H12ClFN6O/c1-23-14(19-9-20-23)8-25-15-4-2-3-13-21-22-16(24(13)15)10-5-6-12(18)11(17)7-10/h2-7,9H,8H2,1H3. The predicted octanol–water partition coefficient (Wildman–Crippen LogP) is 2.90. The molecule has 0 saturated carbocycles. The molecular formula is C16H12ClFN6O. The fraction of sp³-hybridized carbons (Fsp3) is 0.125. The van der Waals surface area contributed by atoms with Crippen LogP contribution in [-0.4, -0.2) is 29.4 Å². The third kappa shape index (κ3) is 2.80. The lowest BCUT2D eigenvalue weighted by atomic mass is 10.2. The van der Waals surface area contributed by atoms with E-state index >= 15 is 0 Å². The number of nitrogens with zero attached hydrogens (tertiary/aromatic N) is 6. The normalized spacial score (nSPS) is 11.2. The van der Waals surface area contributed by atoms with E-state index in [0.29, 0.717) is 28.7 Å². The maximum absolute atomic E-state index is 13.4. The molecule has 9 heteroatoms. The van der Waals surface area contributed by atoms with Gasteiger partial charge >= 0.3 is 0 Å². The molecule has 0 amide bonds. The van der Waals surface area contributed by atoms with Gasteiger partial charge < -0.3 is 4.74 Å². The monoisotopic (exact) mass is 358 g/mol. The number of hydrogen-bond donors (Lipinski definition) is 0. The minimum Gasteiger partial charge on any atom is -0.470 e. The van der Waals surface area contributed by atoms with Crippen molar-refractivity contribution in [2.45, 2.75) is 6.61 Å². The van der Waals surface area contributed by atoms with Crippen molar-refractivity contribution in [3.63, 3.8) is 0 Å². The van der Waals surface area contributed by atoms with Crippen molar-refractivity contribution in [3.8, 4) is 17.3 Å². The number of rotatable bonds is 4. The van der Waals surface area contributed by atoms with Gasteiger partial charge in [0.1, 0.15) is 18.8 Å². The number of benzene rings is 1. The minimum absolute atomic E-state index is 0.0201. The minimum atomic E-state index is -0.488. The molecule has 4 rings (SSSR count). The molecule has 0 saturated heterocycles. The Balaban J connectivity index is 1.76. The van der Waals surface area contributed by atoms with Crippen molar-refractivity contribution in [1.82, 2.24) is 29.4 Å². The fourth-order valence-electron chi connectivity index (χ4n) is 2.44. The van der Waals surface area contributed by atoms with Crippen molar-refractivity contribution in [1.29, 1.82) is 0 Å². The molecule has 0 N–H and O–H groups in total. The Morgan fingerprint density at radius 2 is 2.08 bits per heavy atom. The number of ether oxygens (including phenoxy) is 1. The SMILES string of the molecule is Cn1ncnc1COc1cccc2nnc(-c3ccc(F)c(Cl)c3)n12. The number of halogens is 2. The second-order valence-corrected chi connectivity index (χ2v) is 5.71. The van der Waals surface area contributed by atoms with Crippen LogP contribution in [-0.2, 0) is 13.7 Å². The highest BCUT2D eigenvalue weighted by Crippen LogP contribution is 2.27. The Morgan fingerprint density at radius 1 is 1.20 bits per heavy atom. The number of hydrogen-bond acceptors (Lipinski definition) is 5. The molecule has 0 fully saturated rings. The average molecular weight is 359 g/mol. The van der Waals surface area contributed by atoms with Crippen molar-refractivity contribution in [2.24, 2.45) is 7.05 Å². The summed E-state index contributed by atoms with van der Waals surface area (Å²) in [5, 5.41) is 12.3. The summed E-state index contributed by atoms with van der Waals surface area (Å²) in [6, 6.07) is 9.81. The van der Waals surface area contributed by atoms with Crippen molar-refractivity contribution >= 4 is 17.2 Å². The van der Waals surface area contributed by atoms with E-state index in [9.17, 15) is 4.39 Å². The number of aromatic nitrogens is 6. The summed E-state index contributed by atoms with van der Waals surface area (Å²) in [6.07, 6.45) is 1.46. The zero-order chi connectivity index (χ0) is 17.4. The molecule has 126 valence electrons. The zero-order valence-electron chi connectivity index (χ0n) is 13.1. The zero-order valence-corrected chi connectivity index (χ0v) is 13.9. The van der Waals surface area contributed by atoms with Gasteiger partial charge in [0, 0.05) is 12.6 Å². The summed E-state index contributed by atoms with van der Waals surface area (Å²) in [4.78, 5) is 4.13. The quantitative estimate of drug-likeness (QED) is 0.561. The van der Waals surface area contributed by atoms with Gasteiger partial charge in [0.2, 0.25) is 5.88 Å². The smallest absolute Gasteiger partial charge is 0.201 e. The van der Waals surface area contributed by atoms with Crippen molar-refractivity contribution < 1.29 is 9.13 Å². The van der Waals surface area contributed by atoms with E-state index < -0.39 is 5.82 Å². The Morgan fingerprint density at radius 3 is 2.84 bits per heavy atom. The van der Waals surface area contributed by atoms with Crippen molar-refractivity contribution in [3.05, 3.63) is 59.4 Å². The van der Waals surface area contributed by atoms with Gasteiger partial charge in [-0.25, -0.2) is 13.8 Å². The number of pyridine rings is 1. The molecule has 3 aromatic heterocycles. The van der Waals surface area contributed by atoms with Crippen LogP contribution in [0.15, 0.2) is 42.7 Å². The third-order valence-electron chi connectivity index (χ3n) is 3.72. The molecule has 7 nitrogen and oxygen atoms in total. The molecule has 0 aliphatic heterocycles. The van der Waals surface area contributed by atoms with E-state index in [1.807, 2.05) is 6.07 Å². The Labute approximate surface area is 146 Å². The van der Waals surface area contributed by atoms with Crippen LogP contribution in [0.25, 0.3) is 17.0 Å². The summed E-state index contributed by atoms with van der Waals surface area (Å²) in [7, 11) is 1.79. The molecular weight excluding hydrogens is 347 g/mol. The van der Waals surface area contributed by atoms with Gasteiger partial charge in [-0.05, 0) is 30.3 Å². The second kappa shape index (κ2) is 6.14. The summed E-state index contributed by atoms with van der Waals surface area (Å²) in [5.41, 5.74) is 1.24. The van der Waals surface area contributed by atoms with E-state index in [-0.39, 0.29) is 11.6 Å². The molecule has 0 aliphatic carbocycles. The van der Waals surface area contributed by atoms with E-state index in [1.165, 1.54) is 18.5 Å². The summed E-state index contributed by atoms with van der Waals surface area (Å²) in [6.45, 7) is 0.234. The van der Waals surface area contributed by atoms with Crippen LogP contribution < -0.4 is 4.74 Å². The molecule has 1 aromatic carbocycles. The van der Waals surface area contributed by atoms with Crippen LogP contribution >= 0.6 is 11.6 Å². The molecule has 0 unspecified atom stereocenters. The molecule has 0 bridgehead atoms. The largest absolute Gasteiger partial charge is 0.470 e. The summed E-state index contributed by atoms with van der Waals surface area (Å²) < 4.78 is 22.7. The first kappa shape index (κ1) is 15.5. The lowest BCUT2D eigenvalue weighted by molar-refractivity contribution is 0.275. The van der Waals surface area contributed by atoms with Gasteiger partial charge in [0.05, 0.1) is 5.02 Å². The van der Waals surface area contributed by atoms with Crippen LogP contribution in [0.5, 0.6) is 5.88 Å². The van der Waals surface area contributed by atoms with E-state index in [0.717, 1.165) is 0 Å². The first-order valence-corrected chi connectivity index (χ1v) is 7.76. The van der Waals surface area contributed by atoms with Crippen LogP contribution in [0.2, 0.25) is 5.02 Å². The lowest BCUT2D eigenvalue weighted by Gasteiger charge is -2.09. The maximum atomic E-state index is 13.4. The van der Waals surface area contributed by atoms with Gasteiger partial charge in [0.25, 0.3) is 0 Å². The Bertz CT molecular complexity index is 1060. The topological polar surface area (TPSA) is 70.1 Å². The molecule has 0 aliphatic rings. The molecule has 0 radical (unpaired) electrons. The van der Waals surface area contributed by atoms with Gasteiger partial charge in [-0.1, -0.05) is 17.7 Å². The number of fused-ring (bicyclic) bond motifs is 1. The van der Waals surface area contributed by atoms with Gasteiger partial charge in [-0.3, -0.25) is 4.68 Å². The van der Waals surface area contributed by atoms with Crippen LogP contribution in [0.4, 0.5) is 4.39 Å². The maximum Gasteiger partial charge on any atom is 0.201 e. The van der Waals surface area contributed by atoms with E-state index in [4.69, 9.17) is 16.3 Å². The highest BCUT2D eigenvalue weighted by atomic mass is 35.5. The van der Waals surface area contributed by atoms with Crippen LogP contribution in [0.1, 0.15) is 5.82 Å². The molecule has 0 atom stereocenters. The molecule has 3 heterocycles. The van der Waals surface area contributed by atoms with Crippen molar-refractivity contribution in [2.75, 3.05) is 0 Å². The first-order chi connectivity index (χ1) is 12.1. The second-order valence-electron chi connectivity index (χ2n) is 5.30. The summed E-state index contributed by atoms with van der Waals surface area (Å²) in [5.74, 6) is 1.22. The van der Waals surface area contributed by atoms with Crippen LogP contribution in [0.3, 0.4) is 0 Å². The van der Waals surface area contributed by atoms with E-state index in [2.05, 4.69) is 20.3 Å². The fourth-order valence-corrected chi connectivity index (χ4v) is 2.62. The van der Waals surface area contributed by atoms with Crippen LogP contribution in [0, 0.1) is 5.82 Å². The highest BCUT2D eigenvalue weighted by Gasteiger charge is 2.14. The Kier molecular flexibility index (Phi) is 3.81.